The van der Waals surface area contributed by atoms with Crippen LogP contribution in [0.1, 0.15) is 43.1 Å². The van der Waals surface area contributed by atoms with E-state index in [0.29, 0.717) is 31.2 Å². The number of rotatable bonds is 5. The predicted molar refractivity (Wildman–Crippen MR) is 111 cm³/mol. The van der Waals surface area contributed by atoms with Crippen LogP contribution in [0.3, 0.4) is 0 Å². The Kier molecular flexibility index (Phi) is 9.20. The first kappa shape index (κ1) is 21.7. The zero-order valence-corrected chi connectivity index (χ0v) is 17.5. The Morgan fingerprint density at radius 1 is 1.28 bits per heavy atom. The number of morpholine rings is 1. The van der Waals surface area contributed by atoms with Crippen LogP contribution in [-0.4, -0.2) is 48.6 Å². The van der Waals surface area contributed by atoms with Crippen LogP contribution in [0.15, 0.2) is 29.3 Å². The Bertz CT molecular complexity index is 567. The normalized spacial score (nSPS) is 20.8. The molecule has 2 atom stereocenters. The molecule has 0 spiro atoms. The number of amides is 1. The summed E-state index contributed by atoms with van der Waals surface area (Å²) < 4.78 is 5.68. The van der Waals surface area contributed by atoms with Crippen molar-refractivity contribution in [3.63, 3.8) is 0 Å². The summed E-state index contributed by atoms with van der Waals surface area (Å²) in [5.74, 6) is 0.504. The molecule has 0 bridgehead atoms. The second-order valence-electron chi connectivity index (χ2n) is 6.29. The standard InChI is InChI=1S/C18H28N4O2.HI/c1-4-9-20-18(19)21-10-15-5-7-16(8-6-15)17(23)22-11-13(2)24-14(3)12-22;/h5-8,13-14H,4,9-12H2,1-3H3,(H3,19,20,21);1H. The van der Waals surface area contributed by atoms with E-state index in [9.17, 15) is 4.79 Å². The molecule has 1 aliphatic heterocycles. The largest absolute Gasteiger partial charge is 0.372 e. The van der Waals surface area contributed by atoms with Gasteiger partial charge in [-0.15, -0.1) is 24.0 Å². The fourth-order valence-corrected chi connectivity index (χ4v) is 2.76. The summed E-state index contributed by atoms with van der Waals surface area (Å²) >= 11 is 0. The SMILES string of the molecule is CCCNC(N)=NCc1ccc(C(=O)N2CC(C)OC(C)C2)cc1.I. The fourth-order valence-electron chi connectivity index (χ4n) is 2.76. The second kappa shape index (κ2) is 10.6. The van der Waals surface area contributed by atoms with E-state index in [1.54, 1.807) is 0 Å². The number of hydrogen-bond donors (Lipinski definition) is 2. The van der Waals surface area contributed by atoms with Crippen LogP contribution < -0.4 is 11.1 Å². The van der Waals surface area contributed by atoms with Gasteiger partial charge in [-0.05, 0) is 38.0 Å². The van der Waals surface area contributed by atoms with Gasteiger partial charge < -0.3 is 20.7 Å². The van der Waals surface area contributed by atoms with Crippen molar-refractivity contribution in [2.75, 3.05) is 19.6 Å². The van der Waals surface area contributed by atoms with Crippen molar-refractivity contribution in [1.82, 2.24) is 10.2 Å². The van der Waals surface area contributed by atoms with Gasteiger partial charge in [-0.3, -0.25) is 4.79 Å². The van der Waals surface area contributed by atoms with Gasteiger partial charge in [0.15, 0.2) is 5.96 Å². The third-order valence-electron chi connectivity index (χ3n) is 3.90. The maximum absolute atomic E-state index is 12.6. The lowest BCUT2D eigenvalue weighted by Crippen LogP contribution is -2.48. The summed E-state index contributed by atoms with van der Waals surface area (Å²) in [5.41, 5.74) is 7.50. The van der Waals surface area contributed by atoms with Crippen molar-refractivity contribution in [3.8, 4) is 0 Å². The van der Waals surface area contributed by atoms with Gasteiger partial charge in [0.05, 0.1) is 18.8 Å². The van der Waals surface area contributed by atoms with Crippen LogP contribution in [0.2, 0.25) is 0 Å². The molecule has 0 aliphatic carbocycles. The van der Waals surface area contributed by atoms with Crippen LogP contribution >= 0.6 is 24.0 Å². The second-order valence-corrected chi connectivity index (χ2v) is 6.29. The third kappa shape index (κ3) is 6.81. The van der Waals surface area contributed by atoms with Crippen molar-refractivity contribution in [1.29, 1.82) is 0 Å². The minimum atomic E-state index is 0. The quantitative estimate of drug-likeness (QED) is 0.402. The molecule has 1 heterocycles. The molecule has 0 saturated carbocycles. The Labute approximate surface area is 167 Å². The van der Waals surface area contributed by atoms with E-state index >= 15 is 0 Å². The summed E-state index contributed by atoms with van der Waals surface area (Å²) in [6, 6.07) is 7.57. The van der Waals surface area contributed by atoms with E-state index in [0.717, 1.165) is 18.5 Å². The van der Waals surface area contributed by atoms with Crippen molar-refractivity contribution >= 4 is 35.8 Å². The highest BCUT2D eigenvalue weighted by molar-refractivity contribution is 14.0. The number of aliphatic imine (C=N–C) groups is 1. The topological polar surface area (TPSA) is 79.9 Å². The number of ether oxygens (including phenoxy) is 1. The number of nitrogens with zero attached hydrogens (tertiary/aromatic N) is 2. The van der Waals surface area contributed by atoms with Crippen molar-refractivity contribution in [2.24, 2.45) is 10.7 Å². The Balaban J connectivity index is 0.00000312. The lowest BCUT2D eigenvalue weighted by atomic mass is 10.1. The molecule has 25 heavy (non-hydrogen) atoms. The molecule has 0 aromatic heterocycles. The number of nitrogens with two attached hydrogens (primary N) is 1. The molecule has 140 valence electrons. The number of guanidine groups is 1. The molecule has 1 aromatic rings. The smallest absolute Gasteiger partial charge is 0.254 e. The van der Waals surface area contributed by atoms with Gasteiger partial charge in [-0.1, -0.05) is 19.1 Å². The molecule has 7 heteroatoms. The first-order chi connectivity index (χ1) is 11.5. The lowest BCUT2D eigenvalue weighted by Gasteiger charge is -2.35. The molecule has 3 N–H and O–H groups in total. The highest BCUT2D eigenvalue weighted by atomic mass is 127. The third-order valence-corrected chi connectivity index (χ3v) is 3.90. The summed E-state index contributed by atoms with van der Waals surface area (Å²) in [4.78, 5) is 18.7. The lowest BCUT2D eigenvalue weighted by molar-refractivity contribution is -0.0586. The zero-order chi connectivity index (χ0) is 17.5. The molecular formula is C18H29IN4O2. The van der Waals surface area contributed by atoms with E-state index in [-0.39, 0.29) is 42.1 Å². The number of nitrogens with one attached hydrogen (secondary N) is 1. The first-order valence-electron chi connectivity index (χ1n) is 8.57. The zero-order valence-electron chi connectivity index (χ0n) is 15.2. The van der Waals surface area contributed by atoms with Crippen molar-refractivity contribution in [3.05, 3.63) is 35.4 Å². The minimum Gasteiger partial charge on any atom is -0.372 e. The summed E-state index contributed by atoms with van der Waals surface area (Å²) in [6.07, 6.45) is 1.15. The number of benzene rings is 1. The maximum Gasteiger partial charge on any atom is 0.254 e. The molecule has 1 amide bonds. The molecule has 0 radical (unpaired) electrons. The van der Waals surface area contributed by atoms with E-state index in [1.165, 1.54) is 0 Å². The number of halogens is 1. The molecule has 1 saturated heterocycles. The van der Waals surface area contributed by atoms with E-state index in [4.69, 9.17) is 10.5 Å². The highest BCUT2D eigenvalue weighted by Gasteiger charge is 2.26. The molecule has 2 unspecified atom stereocenters. The van der Waals surface area contributed by atoms with Crippen LogP contribution in [0.4, 0.5) is 0 Å². The van der Waals surface area contributed by atoms with E-state index in [1.807, 2.05) is 43.0 Å². The molecule has 2 rings (SSSR count). The molecule has 6 nitrogen and oxygen atoms in total. The fraction of sp³-hybridized carbons (Fsp3) is 0.556. The number of hydrogen-bond acceptors (Lipinski definition) is 3. The summed E-state index contributed by atoms with van der Waals surface area (Å²) in [6.45, 7) is 8.65. The Morgan fingerprint density at radius 2 is 1.88 bits per heavy atom. The average Bonchev–Trinajstić information content (AvgIpc) is 2.57. The average molecular weight is 460 g/mol. The van der Waals surface area contributed by atoms with E-state index in [2.05, 4.69) is 17.2 Å². The van der Waals surface area contributed by atoms with Crippen LogP contribution in [0.25, 0.3) is 0 Å². The van der Waals surface area contributed by atoms with Gasteiger partial charge in [-0.25, -0.2) is 4.99 Å². The van der Waals surface area contributed by atoms with Gasteiger partial charge >= 0.3 is 0 Å². The predicted octanol–water partition coefficient (Wildman–Crippen LogP) is 2.37. The first-order valence-corrected chi connectivity index (χ1v) is 8.57. The Hall–Kier alpha value is -1.35. The molecule has 1 aromatic carbocycles. The van der Waals surface area contributed by atoms with Crippen LogP contribution in [-0.2, 0) is 11.3 Å². The molecular weight excluding hydrogens is 431 g/mol. The van der Waals surface area contributed by atoms with Gasteiger partial charge in [0.1, 0.15) is 0 Å². The Morgan fingerprint density at radius 3 is 2.44 bits per heavy atom. The summed E-state index contributed by atoms with van der Waals surface area (Å²) in [7, 11) is 0. The van der Waals surface area contributed by atoms with E-state index < -0.39 is 0 Å². The number of carbonyl (C=O) groups is 1. The van der Waals surface area contributed by atoms with Crippen molar-refractivity contribution < 1.29 is 9.53 Å². The minimum absolute atomic E-state index is 0. The van der Waals surface area contributed by atoms with Gasteiger partial charge in [0.2, 0.25) is 0 Å². The van der Waals surface area contributed by atoms with Crippen LogP contribution in [0.5, 0.6) is 0 Å². The number of carbonyl (C=O) groups excluding carboxylic acids is 1. The summed E-state index contributed by atoms with van der Waals surface area (Å²) in [5, 5.41) is 3.04. The van der Waals surface area contributed by atoms with Gasteiger partial charge in [-0.2, -0.15) is 0 Å². The molecule has 1 fully saturated rings. The maximum atomic E-state index is 12.6. The molecule has 1 aliphatic rings. The van der Waals surface area contributed by atoms with Gasteiger partial charge in [0.25, 0.3) is 5.91 Å². The van der Waals surface area contributed by atoms with Crippen LogP contribution in [0, 0.1) is 0 Å². The van der Waals surface area contributed by atoms with Crippen molar-refractivity contribution in [2.45, 2.75) is 45.9 Å². The van der Waals surface area contributed by atoms with Gasteiger partial charge in [0, 0.05) is 25.2 Å². The monoisotopic (exact) mass is 460 g/mol. The highest BCUT2D eigenvalue weighted by Crippen LogP contribution is 2.15.